The van der Waals surface area contributed by atoms with E-state index in [0.29, 0.717) is 31.1 Å². The van der Waals surface area contributed by atoms with Crippen LogP contribution in [0.15, 0.2) is 79.4 Å². The lowest BCUT2D eigenvalue weighted by atomic mass is 10.0. The molecule has 4 aromatic rings. The van der Waals surface area contributed by atoms with Crippen molar-refractivity contribution in [2.45, 2.75) is 25.8 Å². The van der Waals surface area contributed by atoms with Gasteiger partial charge >= 0.3 is 5.97 Å². The Hall–Kier alpha value is -4.19. The van der Waals surface area contributed by atoms with Crippen LogP contribution < -0.4 is 14.2 Å². The van der Waals surface area contributed by atoms with E-state index in [4.69, 9.17) is 14.2 Å². The lowest BCUT2D eigenvalue weighted by Gasteiger charge is -2.11. The maximum atomic E-state index is 12.7. The quantitative estimate of drug-likeness (QED) is 0.218. The van der Waals surface area contributed by atoms with Crippen LogP contribution >= 0.6 is 0 Å². The Kier molecular flexibility index (Phi) is 7.17. The number of aromatic nitrogens is 1. The fourth-order valence-corrected chi connectivity index (χ4v) is 4.68. The third-order valence-electron chi connectivity index (χ3n) is 6.71. The van der Waals surface area contributed by atoms with Gasteiger partial charge < -0.3 is 23.9 Å². The van der Waals surface area contributed by atoms with Crippen LogP contribution in [0, 0.1) is 5.92 Å². The number of hydrogen-bond donors (Lipinski definition) is 1. The van der Waals surface area contributed by atoms with Gasteiger partial charge in [-0.05, 0) is 65.9 Å². The summed E-state index contributed by atoms with van der Waals surface area (Å²) >= 11 is 0. The van der Waals surface area contributed by atoms with Crippen molar-refractivity contribution in [1.82, 2.24) is 4.57 Å². The van der Waals surface area contributed by atoms with Crippen molar-refractivity contribution in [3.05, 3.63) is 90.6 Å². The van der Waals surface area contributed by atoms with Crippen LogP contribution in [0.1, 0.15) is 35.3 Å². The molecule has 5 rings (SSSR count). The van der Waals surface area contributed by atoms with E-state index in [-0.39, 0.29) is 5.69 Å². The van der Waals surface area contributed by atoms with Gasteiger partial charge in [-0.25, -0.2) is 4.79 Å². The number of aromatic carboxylic acids is 1. The first-order chi connectivity index (χ1) is 18.1. The predicted octanol–water partition coefficient (Wildman–Crippen LogP) is 6.81. The SMILES string of the molecule is C=CCOc1ccc2c(c1)c(-c1ccc(OCCC3CC3)cc1)c(C(=O)O)n2Cc1cccc(OC)c1. The second-order valence-corrected chi connectivity index (χ2v) is 9.35. The summed E-state index contributed by atoms with van der Waals surface area (Å²) in [4.78, 5) is 12.7. The molecule has 6 heteroatoms. The van der Waals surface area contributed by atoms with Crippen LogP contribution in [0.2, 0.25) is 0 Å². The average Bonchev–Trinajstić information content (AvgIpc) is 3.69. The van der Waals surface area contributed by atoms with Crippen LogP contribution in [0.4, 0.5) is 0 Å². The standard InChI is InChI=1S/C31H31NO5/c1-3-16-36-26-13-14-28-27(19-26)29(23-9-11-24(12-10-23)37-17-15-21-7-8-21)30(31(33)34)32(28)20-22-5-4-6-25(18-22)35-2/h3-6,9-14,18-19,21H,1,7-8,15-17,20H2,2H3,(H,33,34). The minimum absolute atomic E-state index is 0.223. The molecule has 190 valence electrons. The summed E-state index contributed by atoms with van der Waals surface area (Å²) in [5.41, 5.74) is 3.44. The maximum Gasteiger partial charge on any atom is 0.353 e. The van der Waals surface area contributed by atoms with Crippen molar-refractivity contribution in [2.24, 2.45) is 5.92 Å². The highest BCUT2D eigenvalue weighted by molar-refractivity contribution is 6.08. The first-order valence-corrected chi connectivity index (χ1v) is 12.6. The summed E-state index contributed by atoms with van der Waals surface area (Å²) < 4.78 is 18.9. The molecule has 1 aromatic heterocycles. The molecule has 0 radical (unpaired) electrons. The molecule has 3 aromatic carbocycles. The summed E-state index contributed by atoms with van der Waals surface area (Å²) in [6.07, 6.45) is 5.37. The van der Waals surface area contributed by atoms with E-state index >= 15 is 0 Å². The normalized spacial score (nSPS) is 12.9. The summed E-state index contributed by atoms with van der Waals surface area (Å²) in [6.45, 7) is 5.17. The Morgan fingerprint density at radius 2 is 1.81 bits per heavy atom. The minimum atomic E-state index is -0.993. The number of fused-ring (bicyclic) bond motifs is 1. The Labute approximate surface area is 216 Å². The second-order valence-electron chi connectivity index (χ2n) is 9.35. The van der Waals surface area contributed by atoms with Gasteiger partial charge in [-0.2, -0.15) is 0 Å². The van der Waals surface area contributed by atoms with Gasteiger partial charge in [0, 0.05) is 23.0 Å². The molecule has 0 aliphatic heterocycles. The van der Waals surface area contributed by atoms with Crippen LogP contribution in [0.5, 0.6) is 17.2 Å². The number of rotatable bonds is 12. The summed E-state index contributed by atoms with van der Waals surface area (Å²) in [5, 5.41) is 11.2. The third kappa shape index (κ3) is 5.48. The summed E-state index contributed by atoms with van der Waals surface area (Å²) in [5.74, 6) is 1.99. The molecule has 0 unspecified atom stereocenters. The first-order valence-electron chi connectivity index (χ1n) is 12.6. The number of nitrogens with zero attached hydrogens (tertiary/aromatic N) is 1. The zero-order valence-electron chi connectivity index (χ0n) is 21.0. The highest BCUT2D eigenvalue weighted by Crippen LogP contribution is 2.38. The van der Waals surface area contributed by atoms with E-state index < -0.39 is 5.97 Å². The Bertz CT molecular complexity index is 1420. The Morgan fingerprint density at radius 3 is 2.51 bits per heavy atom. The molecule has 6 nitrogen and oxygen atoms in total. The number of carboxylic acids is 1. The van der Waals surface area contributed by atoms with E-state index in [1.807, 2.05) is 71.3 Å². The molecule has 1 N–H and O–H groups in total. The molecular weight excluding hydrogens is 466 g/mol. The molecule has 1 aliphatic rings. The fraction of sp³-hybridized carbons (Fsp3) is 0.258. The van der Waals surface area contributed by atoms with Gasteiger partial charge in [0.2, 0.25) is 0 Å². The highest BCUT2D eigenvalue weighted by Gasteiger charge is 2.25. The predicted molar refractivity (Wildman–Crippen MR) is 145 cm³/mol. The number of hydrogen-bond acceptors (Lipinski definition) is 4. The van der Waals surface area contributed by atoms with Crippen LogP contribution in [0.25, 0.3) is 22.0 Å². The van der Waals surface area contributed by atoms with Crippen LogP contribution in [-0.4, -0.2) is 36.0 Å². The minimum Gasteiger partial charge on any atom is -0.497 e. The van der Waals surface area contributed by atoms with Gasteiger partial charge in [-0.3, -0.25) is 0 Å². The number of methoxy groups -OCH3 is 1. The van der Waals surface area contributed by atoms with Gasteiger partial charge in [0.25, 0.3) is 0 Å². The summed E-state index contributed by atoms with van der Waals surface area (Å²) in [6, 6.07) is 21.0. The molecule has 0 spiro atoms. The van der Waals surface area contributed by atoms with Crippen molar-refractivity contribution >= 4 is 16.9 Å². The maximum absolute atomic E-state index is 12.7. The van der Waals surface area contributed by atoms with Crippen molar-refractivity contribution in [2.75, 3.05) is 20.3 Å². The lowest BCUT2D eigenvalue weighted by Crippen LogP contribution is -2.10. The molecule has 1 saturated carbocycles. The molecule has 1 heterocycles. The van der Waals surface area contributed by atoms with Crippen molar-refractivity contribution in [3.8, 4) is 28.4 Å². The average molecular weight is 498 g/mol. The van der Waals surface area contributed by atoms with Gasteiger partial charge in [0.15, 0.2) is 0 Å². The van der Waals surface area contributed by atoms with E-state index in [9.17, 15) is 9.90 Å². The molecule has 1 aliphatic carbocycles. The molecule has 0 atom stereocenters. The number of ether oxygens (including phenoxy) is 3. The van der Waals surface area contributed by atoms with E-state index in [2.05, 4.69) is 6.58 Å². The number of benzene rings is 3. The molecule has 0 bridgehead atoms. The van der Waals surface area contributed by atoms with Crippen molar-refractivity contribution < 1.29 is 24.1 Å². The number of carboxylic acid groups (broad SMARTS) is 1. The van der Waals surface area contributed by atoms with E-state index in [1.165, 1.54) is 12.8 Å². The third-order valence-corrected chi connectivity index (χ3v) is 6.71. The lowest BCUT2D eigenvalue weighted by molar-refractivity contribution is 0.0687. The Balaban J connectivity index is 1.59. The highest BCUT2D eigenvalue weighted by atomic mass is 16.5. The van der Waals surface area contributed by atoms with E-state index in [0.717, 1.165) is 45.9 Å². The van der Waals surface area contributed by atoms with E-state index in [1.54, 1.807) is 13.2 Å². The van der Waals surface area contributed by atoms with Crippen LogP contribution in [-0.2, 0) is 6.54 Å². The molecule has 0 saturated heterocycles. The molecule has 0 amide bonds. The van der Waals surface area contributed by atoms with Gasteiger partial charge in [-0.1, -0.05) is 49.8 Å². The molecule has 1 fully saturated rings. The largest absolute Gasteiger partial charge is 0.497 e. The number of carbonyl (C=O) groups is 1. The monoisotopic (exact) mass is 497 g/mol. The van der Waals surface area contributed by atoms with Gasteiger partial charge in [0.05, 0.1) is 13.7 Å². The second kappa shape index (κ2) is 10.8. The van der Waals surface area contributed by atoms with Gasteiger partial charge in [0.1, 0.15) is 29.5 Å². The summed E-state index contributed by atoms with van der Waals surface area (Å²) in [7, 11) is 1.62. The van der Waals surface area contributed by atoms with Crippen LogP contribution in [0.3, 0.4) is 0 Å². The molecular formula is C31H31NO5. The Morgan fingerprint density at radius 1 is 1.03 bits per heavy atom. The van der Waals surface area contributed by atoms with Crippen molar-refractivity contribution in [3.63, 3.8) is 0 Å². The van der Waals surface area contributed by atoms with Crippen molar-refractivity contribution in [1.29, 1.82) is 0 Å². The smallest absolute Gasteiger partial charge is 0.353 e. The fourth-order valence-electron chi connectivity index (χ4n) is 4.68. The zero-order chi connectivity index (χ0) is 25.8. The molecule has 37 heavy (non-hydrogen) atoms. The first kappa shape index (κ1) is 24.5. The van der Waals surface area contributed by atoms with Gasteiger partial charge in [-0.15, -0.1) is 0 Å². The zero-order valence-corrected chi connectivity index (χ0v) is 21.0. The topological polar surface area (TPSA) is 69.9 Å².